The van der Waals surface area contributed by atoms with Crippen molar-refractivity contribution < 1.29 is 4.74 Å². The Morgan fingerprint density at radius 2 is 2.53 bits per heavy atom. The van der Waals surface area contributed by atoms with Crippen LogP contribution in [0, 0.1) is 0 Å². The minimum absolute atomic E-state index is 0.0181. The Hall–Kier alpha value is -0.870. The van der Waals surface area contributed by atoms with E-state index in [1.165, 1.54) is 6.42 Å². The molecular weight excluding hydrogens is 190 g/mol. The third-order valence-corrected chi connectivity index (χ3v) is 2.90. The molecule has 1 aliphatic heterocycles. The van der Waals surface area contributed by atoms with Crippen molar-refractivity contribution in [1.82, 2.24) is 15.1 Å². The summed E-state index contributed by atoms with van der Waals surface area (Å²) in [6.45, 7) is 4.84. The van der Waals surface area contributed by atoms with Crippen molar-refractivity contribution in [1.29, 1.82) is 0 Å². The van der Waals surface area contributed by atoms with Crippen LogP contribution in [-0.2, 0) is 18.4 Å². The second-order valence-corrected chi connectivity index (χ2v) is 4.50. The zero-order valence-electron chi connectivity index (χ0n) is 9.49. The third-order valence-electron chi connectivity index (χ3n) is 2.90. The highest BCUT2D eigenvalue weighted by Crippen LogP contribution is 2.21. The van der Waals surface area contributed by atoms with Crippen LogP contribution in [0.4, 0.5) is 0 Å². The van der Waals surface area contributed by atoms with Crippen LogP contribution in [0.1, 0.15) is 25.5 Å². The first-order valence-electron chi connectivity index (χ1n) is 5.51. The van der Waals surface area contributed by atoms with E-state index in [1.54, 1.807) is 4.68 Å². The predicted molar refractivity (Wildman–Crippen MR) is 58.5 cm³/mol. The Morgan fingerprint density at radius 3 is 3.13 bits per heavy atom. The quantitative estimate of drug-likeness (QED) is 0.809. The van der Waals surface area contributed by atoms with Crippen LogP contribution < -0.4 is 5.32 Å². The first-order chi connectivity index (χ1) is 7.18. The lowest BCUT2D eigenvalue weighted by atomic mass is 9.96. The molecule has 2 rings (SSSR count). The molecule has 1 unspecified atom stereocenters. The van der Waals surface area contributed by atoms with Crippen molar-refractivity contribution >= 4 is 0 Å². The van der Waals surface area contributed by atoms with Gasteiger partial charge in [-0.3, -0.25) is 4.68 Å². The van der Waals surface area contributed by atoms with E-state index in [-0.39, 0.29) is 5.60 Å². The van der Waals surface area contributed by atoms with Gasteiger partial charge in [0.1, 0.15) is 0 Å². The number of hydrogen-bond acceptors (Lipinski definition) is 3. The molecule has 0 spiro atoms. The first kappa shape index (κ1) is 10.6. The molecule has 1 aromatic heterocycles. The molecule has 2 heterocycles. The molecule has 0 bridgehead atoms. The predicted octanol–water partition coefficient (Wildman–Crippen LogP) is 1.08. The number of hydrogen-bond donors (Lipinski definition) is 1. The topological polar surface area (TPSA) is 39.1 Å². The molecule has 1 atom stereocenters. The van der Waals surface area contributed by atoms with Gasteiger partial charge in [-0.25, -0.2) is 0 Å². The minimum atomic E-state index is -0.0181. The van der Waals surface area contributed by atoms with Gasteiger partial charge in [-0.05, 0) is 32.4 Å². The molecule has 0 amide bonds. The molecule has 1 aromatic rings. The lowest BCUT2D eigenvalue weighted by Crippen LogP contribution is -2.45. The van der Waals surface area contributed by atoms with E-state index in [0.717, 1.165) is 25.2 Å². The second-order valence-electron chi connectivity index (χ2n) is 4.50. The van der Waals surface area contributed by atoms with Crippen molar-refractivity contribution in [2.24, 2.45) is 7.05 Å². The normalized spacial score (nSPS) is 26.8. The number of aromatic nitrogens is 2. The largest absolute Gasteiger partial charge is 0.368 e. The van der Waals surface area contributed by atoms with Crippen molar-refractivity contribution in [3.05, 3.63) is 18.0 Å². The van der Waals surface area contributed by atoms with Crippen LogP contribution >= 0.6 is 0 Å². The second kappa shape index (κ2) is 4.33. The summed E-state index contributed by atoms with van der Waals surface area (Å²) in [7, 11) is 1.92. The van der Waals surface area contributed by atoms with Gasteiger partial charge in [-0.1, -0.05) is 0 Å². The fourth-order valence-corrected chi connectivity index (χ4v) is 1.94. The van der Waals surface area contributed by atoms with Gasteiger partial charge in [0.25, 0.3) is 0 Å². The maximum absolute atomic E-state index is 5.93. The lowest BCUT2D eigenvalue weighted by Gasteiger charge is -2.33. The summed E-state index contributed by atoms with van der Waals surface area (Å²) >= 11 is 0. The van der Waals surface area contributed by atoms with Crippen molar-refractivity contribution in [2.45, 2.75) is 32.0 Å². The summed E-state index contributed by atoms with van der Waals surface area (Å²) in [5.74, 6) is 0. The number of piperidine rings is 1. The van der Waals surface area contributed by atoms with E-state index < -0.39 is 0 Å². The molecular formula is C11H19N3O. The fraction of sp³-hybridized carbons (Fsp3) is 0.727. The maximum atomic E-state index is 5.93. The molecule has 4 heteroatoms. The Kier molecular flexibility index (Phi) is 3.07. The van der Waals surface area contributed by atoms with Crippen LogP contribution in [0.5, 0.6) is 0 Å². The lowest BCUT2D eigenvalue weighted by molar-refractivity contribution is -0.0584. The Labute approximate surface area is 90.6 Å². The molecule has 0 aromatic carbocycles. The van der Waals surface area contributed by atoms with Gasteiger partial charge in [-0.15, -0.1) is 0 Å². The van der Waals surface area contributed by atoms with E-state index in [9.17, 15) is 0 Å². The van der Waals surface area contributed by atoms with Gasteiger partial charge in [-0.2, -0.15) is 5.10 Å². The SMILES string of the molecule is Cn1ccc(COC2(C)CCCNC2)n1. The molecule has 0 aliphatic carbocycles. The third kappa shape index (κ3) is 2.79. The Bertz CT molecular complexity index is 315. The minimum Gasteiger partial charge on any atom is -0.368 e. The average molecular weight is 209 g/mol. The zero-order valence-corrected chi connectivity index (χ0v) is 9.49. The summed E-state index contributed by atoms with van der Waals surface area (Å²) < 4.78 is 7.74. The van der Waals surface area contributed by atoms with Gasteiger partial charge < -0.3 is 10.1 Å². The molecule has 1 N–H and O–H groups in total. The molecule has 0 radical (unpaired) electrons. The number of rotatable bonds is 3. The van der Waals surface area contributed by atoms with Crippen molar-refractivity contribution in [2.75, 3.05) is 13.1 Å². The standard InChI is InChI=1S/C11H19N3O/c1-11(5-3-6-12-9-11)15-8-10-4-7-14(2)13-10/h4,7,12H,3,5-6,8-9H2,1-2H3. The average Bonchev–Trinajstić information content (AvgIpc) is 2.63. The summed E-state index contributed by atoms with van der Waals surface area (Å²) in [5.41, 5.74) is 0.986. The number of nitrogens with one attached hydrogen (secondary N) is 1. The van der Waals surface area contributed by atoms with Gasteiger partial charge in [0, 0.05) is 19.8 Å². The molecule has 1 saturated heterocycles. The van der Waals surface area contributed by atoms with Crippen LogP contribution in [0.2, 0.25) is 0 Å². The van der Waals surface area contributed by atoms with Crippen LogP contribution in [0.15, 0.2) is 12.3 Å². The Balaban J connectivity index is 1.86. The zero-order chi connectivity index (χ0) is 10.7. The maximum Gasteiger partial charge on any atom is 0.0914 e. The van der Waals surface area contributed by atoms with Gasteiger partial charge in [0.2, 0.25) is 0 Å². The van der Waals surface area contributed by atoms with E-state index in [0.29, 0.717) is 6.61 Å². The van der Waals surface area contributed by atoms with Crippen LogP contribution in [0.3, 0.4) is 0 Å². The monoisotopic (exact) mass is 209 g/mol. The molecule has 1 aliphatic rings. The first-order valence-corrected chi connectivity index (χ1v) is 5.51. The summed E-state index contributed by atoms with van der Waals surface area (Å²) in [5, 5.41) is 7.66. The summed E-state index contributed by atoms with van der Waals surface area (Å²) in [6, 6.07) is 2.00. The van der Waals surface area contributed by atoms with Crippen LogP contribution in [-0.4, -0.2) is 28.5 Å². The molecule has 0 saturated carbocycles. The Morgan fingerprint density at radius 1 is 1.67 bits per heavy atom. The van der Waals surface area contributed by atoms with E-state index in [1.807, 2.05) is 19.3 Å². The highest BCUT2D eigenvalue weighted by Gasteiger charge is 2.27. The molecule has 4 nitrogen and oxygen atoms in total. The molecule has 84 valence electrons. The van der Waals surface area contributed by atoms with Gasteiger partial charge in [0.15, 0.2) is 0 Å². The van der Waals surface area contributed by atoms with Gasteiger partial charge in [0.05, 0.1) is 17.9 Å². The molecule has 15 heavy (non-hydrogen) atoms. The highest BCUT2D eigenvalue weighted by atomic mass is 16.5. The van der Waals surface area contributed by atoms with Crippen molar-refractivity contribution in [3.8, 4) is 0 Å². The number of aryl methyl sites for hydroxylation is 1. The van der Waals surface area contributed by atoms with E-state index >= 15 is 0 Å². The summed E-state index contributed by atoms with van der Waals surface area (Å²) in [6.07, 6.45) is 4.27. The van der Waals surface area contributed by atoms with Gasteiger partial charge >= 0.3 is 0 Å². The number of ether oxygens (including phenoxy) is 1. The molecule has 1 fully saturated rings. The van der Waals surface area contributed by atoms with E-state index in [4.69, 9.17) is 4.74 Å². The number of nitrogens with zero attached hydrogens (tertiary/aromatic N) is 2. The van der Waals surface area contributed by atoms with Crippen LogP contribution in [0.25, 0.3) is 0 Å². The van der Waals surface area contributed by atoms with Crippen molar-refractivity contribution in [3.63, 3.8) is 0 Å². The highest BCUT2D eigenvalue weighted by molar-refractivity contribution is 4.97. The summed E-state index contributed by atoms with van der Waals surface area (Å²) in [4.78, 5) is 0. The smallest absolute Gasteiger partial charge is 0.0914 e. The van der Waals surface area contributed by atoms with E-state index in [2.05, 4.69) is 17.3 Å². The fourth-order valence-electron chi connectivity index (χ4n) is 1.94.